The Balaban J connectivity index is 1.17. The average molecular weight is 651 g/mol. The molecule has 3 heterocycles. The fourth-order valence-corrected chi connectivity index (χ4v) is 8.14. The van der Waals surface area contributed by atoms with Crippen LogP contribution in [0, 0.1) is 0 Å². The van der Waals surface area contributed by atoms with Crippen LogP contribution in [0.25, 0.3) is 99.2 Å². The van der Waals surface area contributed by atoms with E-state index in [1.807, 2.05) is 6.07 Å². The van der Waals surface area contributed by atoms with Gasteiger partial charge in [-0.3, -0.25) is 0 Å². The van der Waals surface area contributed by atoms with E-state index in [0.717, 1.165) is 44.3 Å². The Morgan fingerprint density at radius 3 is 1.59 bits per heavy atom. The molecule has 3 heteroatoms. The molecule has 238 valence electrons. The Labute approximate surface area is 293 Å². The number of benzene rings is 8. The highest BCUT2D eigenvalue weighted by Crippen LogP contribution is 2.42. The van der Waals surface area contributed by atoms with Gasteiger partial charge in [-0.15, -0.1) is 0 Å². The molecule has 0 saturated carbocycles. The van der Waals surface area contributed by atoms with E-state index in [9.17, 15) is 0 Å². The van der Waals surface area contributed by atoms with Crippen LogP contribution in [-0.4, -0.2) is 9.13 Å². The molecule has 0 radical (unpaired) electrons. The lowest BCUT2D eigenvalue weighted by Crippen LogP contribution is -1.96. The van der Waals surface area contributed by atoms with Crippen LogP contribution in [0.1, 0.15) is 0 Å². The average Bonchev–Trinajstić information content (AvgIpc) is 3.83. The molecule has 0 N–H and O–H groups in total. The van der Waals surface area contributed by atoms with Crippen LogP contribution in [0.4, 0.5) is 0 Å². The molecule has 51 heavy (non-hydrogen) atoms. The minimum Gasteiger partial charge on any atom is -0.456 e. The van der Waals surface area contributed by atoms with Gasteiger partial charge in [-0.25, -0.2) is 0 Å². The molecular formula is C48H30N2O. The lowest BCUT2D eigenvalue weighted by Gasteiger charge is -2.12. The SMILES string of the molecule is c1ccc(-c2ccc(-c3cccc(-n4c5ccccc5c5cc6c7cc8c(cc7n(-c7ccccc7)c6cc54)oc4ccccc48)c3)cc2)cc1. The van der Waals surface area contributed by atoms with E-state index < -0.39 is 0 Å². The summed E-state index contributed by atoms with van der Waals surface area (Å²) in [6.07, 6.45) is 0. The van der Waals surface area contributed by atoms with Crippen molar-refractivity contribution in [3.05, 3.63) is 182 Å². The molecule has 0 amide bonds. The van der Waals surface area contributed by atoms with Crippen molar-refractivity contribution >= 4 is 65.6 Å². The van der Waals surface area contributed by atoms with Gasteiger partial charge in [-0.2, -0.15) is 0 Å². The minimum atomic E-state index is 0.900. The van der Waals surface area contributed by atoms with E-state index in [2.05, 4.69) is 185 Å². The van der Waals surface area contributed by atoms with E-state index in [0.29, 0.717) is 0 Å². The van der Waals surface area contributed by atoms with Crippen LogP contribution < -0.4 is 0 Å². The molecular weight excluding hydrogens is 621 g/mol. The molecule has 11 rings (SSSR count). The van der Waals surface area contributed by atoms with E-state index in [1.54, 1.807) is 0 Å². The van der Waals surface area contributed by atoms with Gasteiger partial charge in [-0.1, -0.05) is 121 Å². The summed E-state index contributed by atoms with van der Waals surface area (Å²) in [5, 5.41) is 7.20. The molecule has 3 nitrogen and oxygen atoms in total. The van der Waals surface area contributed by atoms with E-state index >= 15 is 0 Å². The van der Waals surface area contributed by atoms with Gasteiger partial charge in [0.05, 0.1) is 22.1 Å². The van der Waals surface area contributed by atoms with E-state index in [4.69, 9.17) is 4.42 Å². The summed E-state index contributed by atoms with van der Waals surface area (Å²) in [6, 6.07) is 65.5. The predicted octanol–water partition coefficient (Wildman–Crippen LogP) is 13.1. The van der Waals surface area contributed by atoms with Crippen molar-refractivity contribution in [3.63, 3.8) is 0 Å². The van der Waals surface area contributed by atoms with Crippen molar-refractivity contribution in [2.75, 3.05) is 0 Å². The summed E-state index contributed by atoms with van der Waals surface area (Å²) < 4.78 is 11.2. The highest BCUT2D eigenvalue weighted by molar-refractivity contribution is 6.22. The smallest absolute Gasteiger partial charge is 0.137 e. The zero-order valence-corrected chi connectivity index (χ0v) is 27.6. The van der Waals surface area contributed by atoms with Gasteiger partial charge in [0.25, 0.3) is 0 Å². The second-order valence-corrected chi connectivity index (χ2v) is 13.4. The summed E-state index contributed by atoms with van der Waals surface area (Å²) in [7, 11) is 0. The van der Waals surface area contributed by atoms with Gasteiger partial charge in [0.1, 0.15) is 11.2 Å². The van der Waals surface area contributed by atoms with Gasteiger partial charge in [0.15, 0.2) is 0 Å². The largest absolute Gasteiger partial charge is 0.456 e. The highest BCUT2D eigenvalue weighted by atomic mass is 16.3. The molecule has 3 aromatic heterocycles. The Hall–Kier alpha value is -6.84. The molecule has 0 saturated heterocycles. The zero-order chi connectivity index (χ0) is 33.5. The standard InChI is InChI=1S/C48H30N2O/c1-3-12-31(13-4-1)32-22-24-33(25-23-32)34-14-11-17-36(26-34)50-43-20-9-7-18-37(43)39-27-40-41-28-42-38-19-8-10-21-47(38)51-48(42)30-46(41)49(45(40)29-44(39)50)35-15-5-2-6-16-35/h1-30H. The third-order valence-electron chi connectivity index (χ3n) is 10.5. The van der Waals surface area contributed by atoms with Gasteiger partial charge < -0.3 is 13.6 Å². The van der Waals surface area contributed by atoms with Crippen molar-refractivity contribution in [2.45, 2.75) is 0 Å². The topological polar surface area (TPSA) is 23.0 Å². The van der Waals surface area contributed by atoms with Gasteiger partial charge in [-0.05, 0) is 76.9 Å². The normalized spacial score (nSPS) is 11.9. The first-order valence-electron chi connectivity index (χ1n) is 17.4. The Kier molecular flexibility index (Phi) is 5.96. The maximum absolute atomic E-state index is 6.40. The number of rotatable bonds is 4. The van der Waals surface area contributed by atoms with Crippen molar-refractivity contribution in [3.8, 4) is 33.6 Å². The Bertz CT molecular complexity index is 3110. The lowest BCUT2D eigenvalue weighted by molar-refractivity contribution is 0.669. The molecule has 11 aromatic rings. The number of aromatic nitrogens is 2. The number of hydrogen-bond acceptors (Lipinski definition) is 1. The fourth-order valence-electron chi connectivity index (χ4n) is 8.14. The third kappa shape index (κ3) is 4.25. The van der Waals surface area contributed by atoms with Crippen LogP contribution in [0.3, 0.4) is 0 Å². The van der Waals surface area contributed by atoms with Crippen molar-refractivity contribution < 1.29 is 4.42 Å². The first kappa shape index (κ1) is 28.0. The molecule has 8 aromatic carbocycles. The minimum absolute atomic E-state index is 0.900. The summed E-state index contributed by atoms with van der Waals surface area (Å²) in [5.41, 5.74) is 13.6. The second kappa shape index (κ2) is 10.8. The molecule has 0 aliphatic carbocycles. The molecule has 0 bridgehead atoms. The fraction of sp³-hybridized carbons (Fsp3) is 0. The number of furan rings is 1. The Morgan fingerprint density at radius 1 is 0.275 bits per heavy atom. The van der Waals surface area contributed by atoms with Gasteiger partial charge in [0, 0.05) is 49.8 Å². The van der Waals surface area contributed by atoms with Crippen LogP contribution in [0.15, 0.2) is 186 Å². The van der Waals surface area contributed by atoms with Crippen molar-refractivity contribution in [1.29, 1.82) is 0 Å². The van der Waals surface area contributed by atoms with Crippen molar-refractivity contribution in [2.24, 2.45) is 0 Å². The van der Waals surface area contributed by atoms with Crippen LogP contribution in [-0.2, 0) is 0 Å². The summed E-state index contributed by atoms with van der Waals surface area (Å²) in [4.78, 5) is 0. The molecule has 0 atom stereocenters. The van der Waals surface area contributed by atoms with E-state index in [1.165, 1.54) is 54.8 Å². The monoisotopic (exact) mass is 650 g/mol. The Morgan fingerprint density at radius 2 is 0.804 bits per heavy atom. The number of nitrogens with zero attached hydrogens (tertiary/aromatic N) is 2. The molecule has 0 unspecified atom stereocenters. The molecule has 0 aliphatic heterocycles. The summed E-state index contributed by atoms with van der Waals surface area (Å²) >= 11 is 0. The van der Waals surface area contributed by atoms with E-state index in [-0.39, 0.29) is 0 Å². The number of para-hydroxylation sites is 3. The first-order valence-corrected chi connectivity index (χ1v) is 17.4. The molecule has 0 aliphatic rings. The second-order valence-electron chi connectivity index (χ2n) is 13.4. The number of hydrogen-bond donors (Lipinski definition) is 0. The highest BCUT2D eigenvalue weighted by Gasteiger charge is 2.20. The quantitative estimate of drug-likeness (QED) is 0.186. The third-order valence-corrected chi connectivity index (χ3v) is 10.5. The summed E-state index contributed by atoms with van der Waals surface area (Å²) in [6.45, 7) is 0. The maximum Gasteiger partial charge on any atom is 0.137 e. The zero-order valence-electron chi connectivity index (χ0n) is 27.6. The predicted molar refractivity (Wildman–Crippen MR) is 213 cm³/mol. The maximum atomic E-state index is 6.40. The van der Waals surface area contributed by atoms with Crippen LogP contribution >= 0.6 is 0 Å². The van der Waals surface area contributed by atoms with Crippen molar-refractivity contribution in [1.82, 2.24) is 9.13 Å². The van der Waals surface area contributed by atoms with Crippen LogP contribution in [0.2, 0.25) is 0 Å². The molecule has 0 spiro atoms. The molecule has 0 fully saturated rings. The van der Waals surface area contributed by atoms with Gasteiger partial charge >= 0.3 is 0 Å². The number of fused-ring (bicyclic) bond motifs is 9. The van der Waals surface area contributed by atoms with Crippen LogP contribution in [0.5, 0.6) is 0 Å². The summed E-state index contributed by atoms with van der Waals surface area (Å²) in [5.74, 6) is 0. The lowest BCUT2D eigenvalue weighted by atomic mass is 10.00. The van der Waals surface area contributed by atoms with Gasteiger partial charge in [0.2, 0.25) is 0 Å². The first-order chi connectivity index (χ1) is 25.3.